The van der Waals surface area contributed by atoms with Crippen LogP contribution in [-0.4, -0.2) is 6.61 Å². The van der Waals surface area contributed by atoms with Crippen molar-refractivity contribution < 1.29 is 4.74 Å². The molecule has 0 heterocycles. The van der Waals surface area contributed by atoms with Crippen LogP contribution in [0.5, 0.6) is 5.75 Å². The first-order valence-electron chi connectivity index (χ1n) is 4.02. The van der Waals surface area contributed by atoms with E-state index in [1.807, 2.05) is 25.1 Å². The highest BCUT2D eigenvalue weighted by molar-refractivity contribution is 9.10. The van der Waals surface area contributed by atoms with Crippen molar-refractivity contribution in [2.45, 2.75) is 13.8 Å². The molecule has 1 aromatic carbocycles. The summed E-state index contributed by atoms with van der Waals surface area (Å²) < 4.78 is 6.44. The van der Waals surface area contributed by atoms with E-state index >= 15 is 0 Å². The number of ether oxygens (including phenoxy) is 1. The third-order valence-corrected chi connectivity index (χ3v) is 2.49. The van der Waals surface area contributed by atoms with E-state index in [0.29, 0.717) is 6.61 Å². The van der Waals surface area contributed by atoms with Crippen LogP contribution in [0.4, 0.5) is 0 Å². The van der Waals surface area contributed by atoms with Gasteiger partial charge in [-0.3, -0.25) is 0 Å². The Morgan fingerprint density at radius 2 is 2.23 bits per heavy atom. The van der Waals surface area contributed by atoms with E-state index in [2.05, 4.69) is 27.8 Å². The molecule has 0 aliphatic rings. The first-order valence-corrected chi connectivity index (χ1v) is 4.82. The molecule has 2 heteroatoms. The largest absolute Gasteiger partial charge is 0.481 e. The Balaban J connectivity index is 2.66. The van der Waals surface area contributed by atoms with Crippen molar-refractivity contribution in [1.82, 2.24) is 0 Å². The van der Waals surface area contributed by atoms with Gasteiger partial charge in [0.25, 0.3) is 0 Å². The van der Waals surface area contributed by atoms with Gasteiger partial charge in [0.2, 0.25) is 0 Å². The van der Waals surface area contributed by atoms with E-state index < -0.39 is 0 Å². The predicted molar refractivity (Wildman–Crippen MR) is 57.8 cm³/mol. The molecule has 1 nitrogen and oxygen atoms in total. The highest BCUT2D eigenvalue weighted by atomic mass is 79.9. The third kappa shape index (κ3) is 3.12. The molecule has 0 amide bonds. The average Bonchev–Trinajstić information content (AvgIpc) is 2.12. The standard InChI is InChI=1S/C11H11BrO/c1-3-4-7-13-10-6-5-9(2)11(12)8-10/h5-6,8H,7H2,1-2H3. The first-order chi connectivity index (χ1) is 6.24. The fourth-order valence-electron chi connectivity index (χ4n) is 0.855. The molecule has 0 unspecified atom stereocenters. The zero-order valence-electron chi connectivity index (χ0n) is 7.73. The highest BCUT2D eigenvalue weighted by Crippen LogP contribution is 2.21. The molecule has 0 N–H and O–H groups in total. The Morgan fingerprint density at radius 1 is 1.46 bits per heavy atom. The summed E-state index contributed by atoms with van der Waals surface area (Å²) in [6.07, 6.45) is 0. The zero-order valence-corrected chi connectivity index (χ0v) is 9.31. The summed E-state index contributed by atoms with van der Waals surface area (Å²) >= 11 is 3.44. The molecular formula is C11H11BrO. The quantitative estimate of drug-likeness (QED) is 0.720. The van der Waals surface area contributed by atoms with Gasteiger partial charge in [0.05, 0.1) is 0 Å². The Labute approximate surface area is 87.2 Å². The number of benzene rings is 1. The number of aryl methyl sites for hydroxylation is 1. The second-order valence-electron chi connectivity index (χ2n) is 2.63. The molecule has 0 aliphatic heterocycles. The SMILES string of the molecule is CC#CCOc1ccc(C)c(Br)c1. The van der Waals surface area contributed by atoms with Crippen molar-refractivity contribution >= 4 is 15.9 Å². The lowest BCUT2D eigenvalue weighted by molar-refractivity contribution is 0.370. The molecule has 1 rings (SSSR count). The fraction of sp³-hybridized carbons (Fsp3) is 0.273. The number of halogens is 1. The molecule has 0 saturated carbocycles. The van der Waals surface area contributed by atoms with Gasteiger partial charge in [-0.25, -0.2) is 0 Å². The van der Waals surface area contributed by atoms with E-state index in [1.54, 1.807) is 6.92 Å². The van der Waals surface area contributed by atoms with Crippen LogP contribution in [0.15, 0.2) is 22.7 Å². The Kier molecular flexibility index (Phi) is 3.85. The van der Waals surface area contributed by atoms with E-state index in [0.717, 1.165) is 10.2 Å². The second kappa shape index (κ2) is 4.94. The van der Waals surface area contributed by atoms with Gasteiger partial charge in [0.15, 0.2) is 0 Å². The summed E-state index contributed by atoms with van der Waals surface area (Å²) in [6, 6.07) is 5.91. The van der Waals surface area contributed by atoms with E-state index in [-0.39, 0.29) is 0 Å². The van der Waals surface area contributed by atoms with Crippen molar-refractivity contribution in [3.05, 3.63) is 28.2 Å². The molecule has 0 fully saturated rings. The molecule has 68 valence electrons. The van der Waals surface area contributed by atoms with Crippen molar-refractivity contribution in [2.24, 2.45) is 0 Å². The summed E-state index contributed by atoms with van der Waals surface area (Å²) in [7, 11) is 0. The van der Waals surface area contributed by atoms with Gasteiger partial charge < -0.3 is 4.74 Å². The van der Waals surface area contributed by atoms with Crippen LogP contribution >= 0.6 is 15.9 Å². The first kappa shape index (κ1) is 10.1. The Bertz CT molecular complexity index is 347. The maximum atomic E-state index is 5.38. The van der Waals surface area contributed by atoms with Gasteiger partial charge in [0.1, 0.15) is 12.4 Å². The van der Waals surface area contributed by atoms with Gasteiger partial charge in [-0.1, -0.05) is 27.9 Å². The lowest BCUT2D eigenvalue weighted by Gasteiger charge is -2.03. The van der Waals surface area contributed by atoms with Crippen LogP contribution < -0.4 is 4.74 Å². The van der Waals surface area contributed by atoms with Crippen LogP contribution in [0.3, 0.4) is 0 Å². The van der Waals surface area contributed by atoms with E-state index in [4.69, 9.17) is 4.74 Å². The van der Waals surface area contributed by atoms with Crippen LogP contribution in [-0.2, 0) is 0 Å². The van der Waals surface area contributed by atoms with Gasteiger partial charge in [-0.15, -0.1) is 5.92 Å². The van der Waals surface area contributed by atoms with Crippen LogP contribution in [0.2, 0.25) is 0 Å². The topological polar surface area (TPSA) is 9.23 Å². The molecule has 0 aromatic heterocycles. The van der Waals surface area contributed by atoms with Gasteiger partial charge in [-0.05, 0) is 31.5 Å². The molecule has 0 spiro atoms. The minimum atomic E-state index is 0.450. The molecule has 0 aliphatic carbocycles. The summed E-state index contributed by atoms with van der Waals surface area (Å²) in [5.41, 5.74) is 1.20. The maximum absolute atomic E-state index is 5.38. The Hall–Kier alpha value is -0.940. The second-order valence-corrected chi connectivity index (χ2v) is 3.48. The summed E-state index contributed by atoms with van der Waals surface area (Å²) in [5, 5.41) is 0. The summed E-state index contributed by atoms with van der Waals surface area (Å²) in [6.45, 7) is 4.29. The smallest absolute Gasteiger partial charge is 0.149 e. The number of rotatable bonds is 2. The lowest BCUT2D eigenvalue weighted by Crippen LogP contribution is -1.93. The molecule has 1 aromatic rings. The van der Waals surface area contributed by atoms with Crippen molar-refractivity contribution in [1.29, 1.82) is 0 Å². The fourth-order valence-corrected chi connectivity index (χ4v) is 1.21. The molecule has 0 bridgehead atoms. The number of hydrogen-bond donors (Lipinski definition) is 0. The van der Waals surface area contributed by atoms with Crippen LogP contribution in [0.1, 0.15) is 12.5 Å². The van der Waals surface area contributed by atoms with Gasteiger partial charge in [0, 0.05) is 4.47 Å². The molecule has 0 saturated heterocycles. The average molecular weight is 239 g/mol. The monoisotopic (exact) mass is 238 g/mol. The normalized spacial score (nSPS) is 8.85. The molecular weight excluding hydrogens is 228 g/mol. The summed E-state index contributed by atoms with van der Waals surface area (Å²) in [5.74, 6) is 6.47. The van der Waals surface area contributed by atoms with Crippen molar-refractivity contribution in [2.75, 3.05) is 6.61 Å². The van der Waals surface area contributed by atoms with E-state index in [1.165, 1.54) is 5.56 Å². The van der Waals surface area contributed by atoms with Crippen LogP contribution in [0, 0.1) is 18.8 Å². The predicted octanol–water partition coefficient (Wildman–Crippen LogP) is 3.16. The maximum Gasteiger partial charge on any atom is 0.149 e. The van der Waals surface area contributed by atoms with E-state index in [9.17, 15) is 0 Å². The minimum Gasteiger partial charge on any atom is -0.481 e. The highest BCUT2D eigenvalue weighted by Gasteiger charge is 1.96. The molecule has 0 radical (unpaired) electrons. The lowest BCUT2D eigenvalue weighted by atomic mass is 10.2. The minimum absolute atomic E-state index is 0.450. The van der Waals surface area contributed by atoms with Crippen LogP contribution in [0.25, 0.3) is 0 Å². The van der Waals surface area contributed by atoms with Crippen molar-refractivity contribution in [3.63, 3.8) is 0 Å². The zero-order chi connectivity index (χ0) is 9.68. The van der Waals surface area contributed by atoms with Gasteiger partial charge >= 0.3 is 0 Å². The molecule has 13 heavy (non-hydrogen) atoms. The molecule has 0 atom stereocenters. The third-order valence-electron chi connectivity index (χ3n) is 1.63. The van der Waals surface area contributed by atoms with Gasteiger partial charge in [-0.2, -0.15) is 0 Å². The Morgan fingerprint density at radius 3 is 2.85 bits per heavy atom. The summed E-state index contributed by atoms with van der Waals surface area (Å²) in [4.78, 5) is 0. The number of hydrogen-bond acceptors (Lipinski definition) is 1. The van der Waals surface area contributed by atoms with Crippen molar-refractivity contribution in [3.8, 4) is 17.6 Å².